The summed E-state index contributed by atoms with van der Waals surface area (Å²) in [6, 6.07) is 13.3. The summed E-state index contributed by atoms with van der Waals surface area (Å²) in [4.78, 5) is 25.6. The Morgan fingerprint density at radius 2 is 2.04 bits per heavy atom. The van der Waals surface area contributed by atoms with E-state index in [9.17, 15) is 9.59 Å². The molecule has 0 saturated carbocycles. The number of fused-ring (bicyclic) bond motifs is 1. The lowest BCUT2D eigenvalue weighted by atomic mass is 10.0. The van der Waals surface area contributed by atoms with Crippen molar-refractivity contribution in [3.05, 3.63) is 53.6 Å². The minimum absolute atomic E-state index is 0.0416. The molecule has 0 atom stereocenters. The van der Waals surface area contributed by atoms with Crippen LogP contribution in [0, 0.1) is 6.92 Å². The van der Waals surface area contributed by atoms with Crippen LogP contribution in [0.3, 0.4) is 0 Å². The maximum absolute atomic E-state index is 12.1. The largest absolute Gasteiger partial charge is 0.484 e. The molecule has 130 valence electrons. The number of benzene rings is 2. The van der Waals surface area contributed by atoms with Crippen molar-refractivity contribution in [1.29, 1.82) is 0 Å². The number of nitrogens with zero attached hydrogens (tertiary/aromatic N) is 1. The molecule has 2 amide bonds. The van der Waals surface area contributed by atoms with Crippen LogP contribution in [-0.2, 0) is 16.0 Å². The summed E-state index contributed by atoms with van der Waals surface area (Å²) in [5.74, 6) is 0.516. The second-order valence-corrected chi connectivity index (χ2v) is 6.27. The highest BCUT2D eigenvalue weighted by Crippen LogP contribution is 2.29. The Morgan fingerprint density at radius 1 is 1.20 bits per heavy atom. The molecular formula is C20H22N2O3. The first kappa shape index (κ1) is 17.0. The van der Waals surface area contributed by atoms with Crippen molar-refractivity contribution < 1.29 is 14.3 Å². The Balaban J connectivity index is 1.63. The Labute approximate surface area is 147 Å². The molecule has 0 saturated heterocycles. The van der Waals surface area contributed by atoms with E-state index in [1.165, 1.54) is 0 Å². The van der Waals surface area contributed by atoms with Gasteiger partial charge in [-0.3, -0.25) is 9.59 Å². The predicted octanol–water partition coefficient (Wildman–Crippen LogP) is 3.31. The number of rotatable bonds is 4. The number of hydrogen-bond acceptors (Lipinski definition) is 3. The number of amides is 2. The van der Waals surface area contributed by atoms with Crippen molar-refractivity contribution in [2.24, 2.45) is 0 Å². The van der Waals surface area contributed by atoms with E-state index in [0.717, 1.165) is 41.9 Å². The Morgan fingerprint density at radius 3 is 2.80 bits per heavy atom. The number of hydrogen-bond donors (Lipinski definition) is 1. The Hall–Kier alpha value is -2.82. The SMILES string of the molecule is CC(=O)N1CCCc2cc(NC(=O)COc3cccc(C)c3)ccc21. The Kier molecular flexibility index (Phi) is 5.03. The minimum atomic E-state index is -0.208. The third-order valence-corrected chi connectivity index (χ3v) is 4.22. The maximum Gasteiger partial charge on any atom is 0.262 e. The summed E-state index contributed by atoms with van der Waals surface area (Å²) in [7, 11) is 0. The molecule has 1 heterocycles. The van der Waals surface area contributed by atoms with E-state index in [4.69, 9.17) is 4.74 Å². The fourth-order valence-electron chi connectivity index (χ4n) is 3.05. The van der Waals surface area contributed by atoms with Crippen LogP contribution in [0.1, 0.15) is 24.5 Å². The van der Waals surface area contributed by atoms with E-state index in [1.807, 2.05) is 49.4 Å². The van der Waals surface area contributed by atoms with Gasteiger partial charge in [0, 0.05) is 24.8 Å². The van der Waals surface area contributed by atoms with Crippen LogP contribution >= 0.6 is 0 Å². The maximum atomic E-state index is 12.1. The smallest absolute Gasteiger partial charge is 0.262 e. The number of carbonyl (C=O) groups is 2. The lowest BCUT2D eigenvalue weighted by molar-refractivity contribution is -0.118. The predicted molar refractivity (Wildman–Crippen MR) is 98.1 cm³/mol. The molecule has 0 fully saturated rings. The van der Waals surface area contributed by atoms with Gasteiger partial charge in [0.1, 0.15) is 5.75 Å². The zero-order valence-corrected chi connectivity index (χ0v) is 14.5. The van der Waals surface area contributed by atoms with Gasteiger partial charge in [-0.25, -0.2) is 0 Å². The van der Waals surface area contributed by atoms with Crippen molar-refractivity contribution in [3.63, 3.8) is 0 Å². The molecule has 2 aromatic rings. The van der Waals surface area contributed by atoms with Crippen LogP contribution < -0.4 is 15.0 Å². The quantitative estimate of drug-likeness (QED) is 0.930. The molecule has 0 radical (unpaired) electrons. The van der Waals surface area contributed by atoms with Gasteiger partial charge in [0.2, 0.25) is 5.91 Å². The van der Waals surface area contributed by atoms with Crippen LogP contribution in [0.25, 0.3) is 0 Å². The van der Waals surface area contributed by atoms with Crippen molar-refractivity contribution in [2.45, 2.75) is 26.7 Å². The number of anilines is 2. The topological polar surface area (TPSA) is 58.6 Å². The molecule has 2 aromatic carbocycles. The van der Waals surface area contributed by atoms with Crippen LogP contribution in [0.5, 0.6) is 5.75 Å². The minimum Gasteiger partial charge on any atom is -0.484 e. The van der Waals surface area contributed by atoms with Gasteiger partial charge >= 0.3 is 0 Å². The summed E-state index contributed by atoms with van der Waals surface area (Å²) >= 11 is 0. The molecule has 3 rings (SSSR count). The number of nitrogens with one attached hydrogen (secondary N) is 1. The third kappa shape index (κ3) is 4.18. The molecule has 0 aromatic heterocycles. The molecule has 0 spiro atoms. The van der Waals surface area contributed by atoms with Gasteiger partial charge in [-0.05, 0) is 61.2 Å². The van der Waals surface area contributed by atoms with Gasteiger partial charge in [0.05, 0.1) is 0 Å². The van der Waals surface area contributed by atoms with Crippen LogP contribution in [-0.4, -0.2) is 25.0 Å². The average Bonchev–Trinajstić information content (AvgIpc) is 2.59. The van der Waals surface area contributed by atoms with Gasteiger partial charge in [-0.1, -0.05) is 12.1 Å². The lowest BCUT2D eigenvalue weighted by Gasteiger charge is -2.29. The van der Waals surface area contributed by atoms with Gasteiger partial charge in [0.15, 0.2) is 6.61 Å². The van der Waals surface area contributed by atoms with Crippen LogP contribution in [0.4, 0.5) is 11.4 Å². The average molecular weight is 338 g/mol. The Bertz CT molecular complexity index is 801. The first-order chi connectivity index (χ1) is 12.0. The summed E-state index contributed by atoms with van der Waals surface area (Å²) in [6.07, 6.45) is 1.84. The summed E-state index contributed by atoms with van der Waals surface area (Å²) in [5, 5.41) is 2.85. The zero-order valence-electron chi connectivity index (χ0n) is 14.5. The zero-order chi connectivity index (χ0) is 17.8. The molecule has 1 aliphatic rings. The van der Waals surface area contributed by atoms with E-state index < -0.39 is 0 Å². The second kappa shape index (κ2) is 7.38. The standard InChI is InChI=1S/C20H22N2O3/c1-14-5-3-7-18(11-14)25-13-20(24)21-17-8-9-19-16(12-17)6-4-10-22(19)15(2)23/h3,5,7-9,11-12H,4,6,10,13H2,1-2H3,(H,21,24). The normalized spacial score (nSPS) is 13.1. The monoisotopic (exact) mass is 338 g/mol. The van der Waals surface area contributed by atoms with E-state index >= 15 is 0 Å². The van der Waals surface area contributed by atoms with E-state index in [2.05, 4.69) is 5.32 Å². The van der Waals surface area contributed by atoms with E-state index in [0.29, 0.717) is 5.75 Å². The van der Waals surface area contributed by atoms with Gasteiger partial charge in [-0.15, -0.1) is 0 Å². The van der Waals surface area contributed by atoms with Gasteiger partial charge in [-0.2, -0.15) is 0 Å². The lowest BCUT2D eigenvalue weighted by Crippen LogP contribution is -2.33. The fraction of sp³-hybridized carbons (Fsp3) is 0.300. The summed E-state index contributed by atoms with van der Waals surface area (Å²) in [5.41, 5.74) is 3.83. The number of aryl methyl sites for hydroxylation is 2. The van der Waals surface area contributed by atoms with E-state index in [-0.39, 0.29) is 18.4 Å². The molecular weight excluding hydrogens is 316 g/mol. The van der Waals surface area contributed by atoms with Gasteiger partial charge < -0.3 is 15.0 Å². The van der Waals surface area contributed by atoms with Gasteiger partial charge in [0.25, 0.3) is 5.91 Å². The number of ether oxygens (including phenoxy) is 1. The van der Waals surface area contributed by atoms with Crippen molar-refractivity contribution in [1.82, 2.24) is 0 Å². The molecule has 5 nitrogen and oxygen atoms in total. The van der Waals surface area contributed by atoms with Crippen LogP contribution in [0.2, 0.25) is 0 Å². The highest BCUT2D eigenvalue weighted by atomic mass is 16.5. The first-order valence-corrected chi connectivity index (χ1v) is 8.43. The van der Waals surface area contributed by atoms with Crippen LogP contribution in [0.15, 0.2) is 42.5 Å². The van der Waals surface area contributed by atoms with Crippen molar-refractivity contribution in [3.8, 4) is 5.75 Å². The third-order valence-electron chi connectivity index (χ3n) is 4.22. The molecule has 0 bridgehead atoms. The molecule has 0 aliphatic carbocycles. The van der Waals surface area contributed by atoms with Crippen molar-refractivity contribution >= 4 is 23.2 Å². The highest BCUT2D eigenvalue weighted by Gasteiger charge is 2.20. The molecule has 0 unspecified atom stereocenters. The fourth-order valence-corrected chi connectivity index (χ4v) is 3.05. The number of carbonyl (C=O) groups excluding carboxylic acids is 2. The first-order valence-electron chi connectivity index (χ1n) is 8.43. The van der Waals surface area contributed by atoms with Crippen molar-refractivity contribution in [2.75, 3.05) is 23.4 Å². The highest BCUT2D eigenvalue weighted by molar-refractivity contribution is 5.95. The molecule has 1 aliphatic heterocycles. The van der Waals surface area contributed by atoms with E-state index in [1.54, 1.807) is 11.8 Å². The molecule has 1 N–H and O–H groups in total. The molecule has 5 heteroatoms. The molecule has 25 heavy (non-hydrogen) atoms. The summed E-state index contributed by atoms with van der Waals surface area (Å²) < 4.78 is 5.52. The second-order valence-electron chi connectivity index (χ2n) is 6.27. The summed E-state index contributed by atoms with van der Waals surface area (Å²) in [6.45, 7) is 4.26.